The number of amides is 1. The summed E-state index contributed by atoms with van der Waals surface area (Å²) in [4.78, 5) is 17.7. The minimum Gasteiger partial charge on any atom is -0.435 e. The maximum absolute atomic E-state index is 13.1. The van der Waals surface area contributed by atoms with Crippen molar-refractivity contribution >= 4 is 34.1 Å². The van der Waals surface area contributed by atoms with Gasteiger partial charge in [0.1, 0.15) is 5.75 Å². The van der Waals surface area contributed by atoms with E-state index >= 15 is 0 Å². The van der Waals surface area contributed by atoms with Crippen molar-refractivity contribution < 1.29 is 18.3 Å². The summed E-state index contributed by atoms with van der Waals surface area (Å²) in [7, 11) is 0. The number of nitrogens with one attached hydrogen (secondary N) is 1. The predicted octanol–water partition coefficient (Wildman–Crippen LogP) is 6.31. The summed E-state index contributed by atoms with van der Waals surface area (Å²) in [6.45, 7) is -1.20. The lowest BCUT2D eigenvalue weighted by Gasteiger charge is -2.10. The molecule has 0 unspecified atom stereocenters. The van der Waals surface area contributed by atoms with Gasteiger partial charge in [0, 0.05) is 16.0 Å². The molecular weight excluding hydrogens is 448 g/mol. The molecule has 0 saturated heterocycles. The number of fused-ring (bicyclic) bond motifs is 1. The van der Waals surface area contributed by atoms with Gasteiger partial charge in [-0.15, -0.1) is 0 Å². The van der Waals surface area contributed by atoms with E-state index in [2.05, 4.69) is 20.2 Å². The number of hydrogen-bond acceptors (Lipinski definition) is 4. The maximum Gasteiger partial charge on any atom is 0.387 e. The molecule has 1 amide bonds. The Balaban J connectivity index is 1.63. The largest absolute Gasteiger partial charge is 0.435 e. The van der Waals surface area contributed by atoms with Crippen LogP contribution in [0.5, 0.6) is 5.75 Å². The van der Waals surface area contributed by atoms with Gasteiger partial charge in [0.15, 0.2) is 0 Å². The molecule has 1 N–H and O–H groups in total. The van der Waals surface area contributed by atoms with Gasteiger partial charge in [-0.1, -0.05) is 48.0 Å². The van der Waals surface area contributed by atoms with Crippen molar-refractivity contribution in [2.45, 2.75) is 13.5 Å². The molecule has 4 rings (SSSR count). The van der Waals surface area contributed by atoms with Gasteiger partial charge in [-0.3, -0.25) is 4.79 Å². The highest BCUT2D eigenvalue weighted by Gasteiger charge is 2.15. The molecule has 1 heterocycles. The van der Waals surface area contributed by atoms with Crippen LogP contribution >= 0.6 is 11.6 Å². The van der Waals surface area contributed by atoms with Crippen molar-refractivity contribution in [3.8, 4) is 17.0 Å². The molecule has 0 fully saturated rings. The van der Waals surface area contributed by atoms with Gasteiger partial charge in [-0.05, 0) is 55.0 Å². The number of ether oxygens (including phenoxy) is 1. The van der Waals surface area contributed by atoms with Crippen molar-refractivity contribution in [1.82, 2.24) is 10.4 Å². The topological polar surface area (TPSA) is 63.6 Å². The first-order valence-electron chi connectivity index (χ1n) is 9.97. The number of hydrogen-bond donors (Lipinski definition) is 1. The Labute approximate surface area is 193 Å². The summed E-state index contributed by atoms with van der Waals surface area (Å²) in [6, 6.07) is 22.3. The predicted molar refractivity (Wildman–Crippen MR) is 125 cm³/mol. The van der Waals surface area contributed by atoms with Gasteiger partial charge in [0.25, 0.3) is 5.91 Å². The van der Waals surface area contributed by atoms with E-state index in [9.17, 15) is 13.6 Å². The highest BCUT2D eigenvalue weighted by molar-refractivity contribution is 6.33. The quantitative estimate of drug-likeness (QED) is 0.268. The van der Waals surface area contributed by atoms with Crippen molar-refractivity contribution in [3.63, 3.8) is 0 Å². The minimum absolute atomic E-state index is 0.0425. The van der Waals surface area contributed by atoms with E-state index in [1.165, 1.54) is 12.1 Å². The maximum atomic E-state index is 13.1. The van der Waals surface area contributed by atoms with Crippen LogP contribution in [0, 0.1) is 0 Å². The molecule has 0 atom stereocenters. The molecule has 0 bridgehead atoms. The number of nitrogens with zero attached hydrogens (tertiary/aromatic N) is 2. The van der Waals surface area contributed by atoms with Crippen LogP contribution in [0.2, 0.25) is 5.02 Å². The fraction of sp³-hybridized carbons (Fsp3) is 0.0800. The second-order valence-corrected chi connectivity index (χ2v) is 7.50. The minimum atomic E-state index is -2.89. The number of carbonyl (C=O) groups excluding carboxylic acids is 1. The molecule has 0 spiro atoms. The Bertz CT molecular complexity index is 1340. The first kappa shape index (κ1) is 22.4. The van der Waals surface area contributed by atoms with Crippen LogP contribution in [-0.2, 0) is 0 Å². The number of benzene rings is 3. The van der Waals surface area contributed by atoms with Crippen LogP contribution in [0.15, 0.2) is 84.0 Å². The lowest BCUT2D eigenvalue weighted by molar-refractivity contribution is -0.0498. The smallest absolute Gasteiger partial charge is 0.387 e. The van der Waals surface area contributed by atoms with Crippen LogP contribution in [-0.4, -0.2) is 23.2 Å². The summed E-state index contributed by atoms with van der Waals surface area (Å²) in [5.41, 5.74) is 6.04. The zero-order chi connectivity index (χ0) is 23.4. The Morgan fingerprint density at radius 2 is 1.73 bits per heavy atom. The number of rotatable bonds is 6. The molecular formula is C25H18ClF2N3O2. The van der Waals surface area contributed by atoms with Gasteiger partial charge >= 0.3 is 6.61 Å². The highest BCUT2D eigenvalue weighted by Crippen LogP contribution is 2.29. The average molecular weight is 466 g/mol. The standard InChI is InChI=1S/C25H18ClF2N3O2/c1-15(16-10-12-17(13-11-16)33-25(27)28)30-31-24(32)20-14-23(19-7-2-4-8-21(19)26)29-22-9-5-3-6-18(20)22/h2-14,25H,1H3,(H,31,32). The Hall–Kier alpha value is -3.84. The average Bonchev–Trinajstić information content (AvgIpc) is 2.82. The van der Waals surface area contributed by atoms with E-state index in [0.29, 0.717) is 44.0 Å². The number of aromatic nitrogens is 1. The SMILES string of the molecule is CC(=NNC(=O)c1cc(-c2ccccc2Cl)nc2ccccc12)c1ccc(OC(F)F)cc1. The Kier molecular flexibility index (Phi) is 6.60. The van der Waals surface area contributed by atoms with Crippen molar-refractivity contribution in [2.75, 3.05) is 0 Å². The van der Waals surface area contributed by atoms with Gasteiger partial charge < -0.3 is 4.74 Å². The summed E-state index contributed by atoms with van der Waals surface area (Å²) in [5.74, 6) is -0.375. The molecule has 0 aliphatic heterocycles. The second kappa shape index (κ2) is 9.75. The van der Waals surface area contributed by atoms with E-state index in [1.807, 2.05) is 42.5 Å². The lowest BCUT2D eigenvalue weighted by atomic mass is 10.0. The van der Waals surface area contributed by atoms with E-state index in [-0.39, 0.29) is 5.75 Å². The second-order valence-electron chi connectivity index (χ2n) is 7.09. The number of carbonyl (C=O) groups is 1. The Morgan fingerprint density at radius 3 is 2.45 bits per heavy atom. The fourth-order valence-electron chi connectivity index (χ4n) is 3.31. The van der Waals surface area contributed by atoms with Crippen LogP contribution in [0.25, 0.3) is 22.2 Å². The van der Waals surface area contributed by atoms with Crippen LogP contribution in [0.3, 0.4) is 0 Å². The molecule has 33 heavy (non-hydrogen) atoms. The molecule has 166 valence electrons. The number of alkyl halides is 2. The first-order valence-corrected chi connectivity index (χ1v) is 10.3. The monoisotopic (exact) mass is 465 g/mol. The first-order chi connectivity index (χ1) is 15.9. The van der Waals surface area contributed by atoms with E-state index in [0.717, 1.165) is 0 Å². The van der Waals surface area contributed by atoms with Gasteiger partial charge in [-0.25, -0.2) is 10.4 Å². The molecule has 0 saturated carbocycles. The number of pyridine rings is 1. The molecule has 8 heteroatoms. The molecule has 1 aromatic heterocycles. The summed E-state index contributed by atoms with van der Waals surface area (Å²) in [6.07, 6.45) is 0. The molecule has 0 radical (unpaired) electrons. The number of para-hydroxylation sites is 1. The molecule has 0 aliphatic carbocycles. The van der Waals surface area contributed by atoms with Crippen molar-refractivity contribution in [1.29, 1.82) is 0 Å². The molecule has 5 nitrogen and oxygen atoms in total. The number of halogens is 3. The molecule has 3 aromatic carbocycles. The number of hydrazone groups is 1. The van der Waals surface area contributed by atoms with Gasteiger partial charge in [0.2, 0.25) is 0 Å². The zero-order valence-electron chi connectivity index (χ0n) is 17.4. The van der Waals surface area contributed by atoms with Crippen LogP contribution < -0.4 is 10.2 Å². The summed E-state index contributed by atoms with van der Waals surface area (Å²) in [5, 5.41) is 5.37. The highest BCUT2D eigenvalue weighted by atomic mass is 35.5. The normalized spacial score (nSPS) is 11.6. The van der Waals surface area contributed by atoms with Crippen LogP contribution in [0.1, 0.15) is 22.8 Å². The van der Waals surface area contributed by atoms with Gasteiger partial charge in [-0.2, -0.15) is 13.9 Å². The summed E-state index contributed by atoms with van der Waals surface area (Å²) >= 11 is 6.34. The third-order valence-electron chi connectivity index (χ3n) is 4.93. The van der Waals surface area contributed by atoms with Crippen molar-refractivity contribution in [3.05, 3.63) is 95.0 Å². The lowest BCUT2D eigenvalue weighted by Crippen LogP contribution is -2.20. The van der Waals surface area contributed by atoms with Gasteiger partial charge in [0.05, 0.1) is 22.5 Å². The van der Waals surface area contributed by atoms with Crippen molar-refractivity contribution in [2.24, 2.45) is 5.10 Å². The third kappa shape index (κ3) is 5.15. The molecule has 0 aliphatic rings. The van der Waals surface area contributed by atoms with E-state index in [4.69, 9.17) is 11.6 Å². The zero-order valence-corrected chi connectivity index (χ0v) is 18.2. The third-order valence-corrected chi connectivity index (χ3v) is 5.26. The summed E-state index contributed by atoms with van der Waals surface area (Å²) < 4.78 is 29.0. The fourth-order valence-corrected chi connectivity index (χ4v) is 3.54. The van der Waals surface area contributed by atoms with E-state index < -0.39 is 12.5 Å². The molecule has 4 aromatic rings. The van der Waals surface area contributed by atoms with E-state index in [1.54, 1.807) is 31.2 Å². The van der Waals surface area contributed by atoms with Crippen LogP contribution in [0.4, 0.5) is 8.78 Å². The Morgan fingerprint density at radius 1 is 1.03 bits per heavy atom.